The maximum Gasteiger partial charge on any atom is 0.314 e. The second kappa shape index (κ2) is 4.14. The molecule has 10 heavy (non-hydrogen) atoms. The SMILES string of the molecule is CNC(=O)NC(C)C(C)C. The Morgan fingerprint density at radius 3 is 2.10 bits per heavy atom. The Morgan fingerprint density at radius 2 is 1.80 bits per heavy atom. The Balaban J connectivity index is 3.57. The van der Waals surface area contributed by atoms with Gasteiger partial charge in [0.05, 0.1) is 0 Å². The minimum Gasteiger partial charge on any atom is -0.341 e. The molecule has 0 aromatic rings. The topological polar surface area (TPSA) is 41.1 Å². The summed E-state index contributed by atoms with van der Waals surface area (Å²) < 4.78 is 0. The number of hydrogen-bond acceptors (Lipinski definition) is 1. The van der Waals surface area contributed by atoms with Gasteiger partial charge in [-0.05, 0) is 12.8 Å². The molecule has 2 N–H and O–H groups in total. The molecule has 0 bridgehead atoms. The van der Waals surface area contributed by atoms with Crippen molar-refractivity contribution in [1.82, 2.24) is 10.6 Å². The first-order valence-corrected chi connectivity index (χ1v) is 3.56. The molecule has 3 heteroatoms. The molecule has 60 valence electrons. The van der Waals surface area contributed by atoms with E-state index in [-0.39, 0.29) is 12.1 Å². The van der Waals surface area contributed by atoms with Crippen LogP contribution >= 0.6 is 0 Å². The highest BCUT2D eigenvalue weighted by Crippen LogP contribution is 1.98. The lowest BCUT2D eigenvalue weighted by atomic mass is 10.1. The monoisotopic (exact) mass is 144 g/mol. The van der Waals surface area contributed by atoms with Gasteiger partial charge < -0.3 is 10.6 Å². The molecule has 2 amide bonds. The lowest BCUT2D eigenvalue weighted by molar-refractivity contribution is 0.236. The van der Waals surface area contributed by atoms with E-state index in [1.807, 2.05) is 6.92 Å². The Kier molecular flexibility index (Phi) is 3.84. The van der Waals surface area contributed by atoms with E-state index in [0.717, 1.165) is 0 Å². The number of hydrogen-bond donors (Lipinski definition) is 2. The first-order valence-electron chi connectivity index (χ1n) is 3.56. The summed E-state index contributed by atoms with van der Waals surface area (Å²) in [6, 6.07) is 0.126. The molecule has 3 nitrogen and oxygen atoms in total. The Bertz CT molecular complexity index is 112. The fourth-order valence-electron chi connectivity index (χ4n) is 0.446. The smallest absolute Gasteiger partial charge is 0.314 e. The van der Waals surface area contributed by atoms with Crippen LogP contribution < -0.4 is 10.6 Å². The zero-order chi connectivity index (χ0) is 8.15. The van der Waals surface area contributed by atoms with Crippen molar-refractivity contribution in [2.45, 2.75) is 26.8 Å². The van der Waals surface area contributed by atoms with Crippen LogP contribution in [-0.2, 0) is 0 Å². The molecule has 0 saturated heterocycles. The fraction of sp³-hybridized carbons (Fsp3) is 0.857. The molecule has 1 atom stereocenters. The summed E-state index contributed by atoms with van der Waals surface area (Å²) in [4.78, 5) is 10.7. The molecule has 1 unspecified atom stereocenters. The Labute approximate surface area is 62.2 Å². The number of rotatable bonds is 2. The number of carbonyl (C=O) groups excluding carboxylic acids is 1. The van der Waals surface area contributed by atoms with E-state index in [1.54, 1.807) is 7.05 Å². The first-order chi connectivity index (χ1) is 4.57. The van der Waals surface area contributed by atoms with Gasteiger partial charge in [-0.25, -0.2) is 4.79 Å². The quantitative estimate of drug-likeness (QED) is 0.595. The third-order valence-electron chi connectivity index (χ3n) is 1.59. The average molecular weight is 144 g/mol. The van der Waals surface area contributed by atoms with Crippen molar-refractivity contribution >= 4 is 6.03 Å². The maximum atomic E-state index is 10.7. The lowest BCUT2D eigenvalue weighted by Gasteiger charge is -2.16. The molecule has 0 aromatic carbocycles. The molecule has 0 radical (unpaired) electrons. The predicted octanol–water partition coefficient (Wildman–Crippen LogP) is 0.960. The van der Waals surface area contributed by atoms with Crippen LogP contribution in [0.15, 0.2) is 0 Å². The van der Waals surface area contributed by atoms with Crippen LogP contribution in [0.1, 0.15) is 20.8 Å². The minimum atomic E-state index is -0.110. The number of nitrogens with one attached hydrogen (secondary N) is 2. The highest BCUT2D eigenvalue weighted by atomic mass is 16.2. The number of amides is 2. The Hall–Kier alpha value is -0.730. The third-order valence-corrected chi connectivity index (χ3v) is 1.59. The zero-order valence-corrected chi connectivity index (χ0v) is 7.06. The van der Waals surface area contributed by atoms with Gasteiger partial charge in [-0.3, -0.25) is 0 Å². The molecule has 0 aliphatic carbocycles. The van der Waals surface area contributed by atoms with Gasteiger partial charge in [-0.1, -0.05) is 13.8 Å². The molecule has 0 aliphatic rings. The third kappa shape index (κ3) is 3.33. The van der Waals surface area contributed by atoms with Crippen molar-refractivity contribution in [2.24, 2.45) is 5.92 Å². The van der Waals surface area contributed by atoms with E-state index < -0.39 is 0 Å². The second-order valence-corrected chi connectivity index (χ2v) is 2.76. The summed E-state index contributed by atoms with van der Waals surface area (Å²) in [5.74, 6) is 0.484. The van der Waals surface area contributed by atoms with Gasteiger partial charge in [-0.15, -0.1) is 0 Å². The van der Waals surface area contributed by atoms with Gasteiger partial charge in [-0.2, -0.15) is 0 Å². The highest BCUT2D eigenvalue weighted by Gasteiger charge is 2.07. The summed E-state index contributed by atoms with van der Waals surface area (Å²) in [6.07, 6.45) is 0. The van der Waals surface area contributed by atoms with Crippen LogP contribution in [0.4, 0.5) is 4.79 Å². The summed E-state index contributed by atoms with van der Waals surface area (Å²) in [5, 5.41) is 5.28. The molecule has 0 aliphatic heterocycles. The Morgan fingerprint density at radius 1 is 1.30 bits per heavy atom. The summed E-state index contributed by atoms with van der Waals surface area (Å²) >= 11 is 0. The maximum absolute atomic E-state index is 10.7. The fourth-order valence-corrected chi connectivity index (χ4v) is 0.446. The van der Waals surface area contributed by atoms with Gasteiger partial charge in [0, 0.05) is 13.1 Å². The van der Waals surface area contributed by atoms with E-state index in [4.69, 9.17) is 0 Å². The van der Waals surface area contributed by atoms with E-state index in [2.05, 4.69) is 24.5 Å². The van der Waals surface area contributed by atoms with Gasteiger partial charge in [0.1, 0.15) is 0 Å². The van der Waals surface area contributed by atoms with Crippen molar-refractivity contribution in [3.8, 4) is 0 Å². The van der Waals surface area contributed by atoms with Crippen LogP contribution in [0.25, 0.3) is 0 Å². The van der Waals surface area contributed by atoms with Gasteiger partial charge in [0.2, 0.25) is 0 Å². The lowest BCUT2D eigenvalue weighted by Crippen LogP contribution is -2.41. The van der Waals surface area contributed by atoms with E-state index in [1.165, 1.54) is 0 Å². The largest absolute Gasteiger partial charge is 0.341 e. The number of urea groups is 1. The molecule has 0 aromatic heterocycles. The standard InChI is InChI=1S/C7H16N2O/c1-5(2)6(3)9-7(10)8-4/h5-6H,1-4H3,(H2,8,9,10). The molecular weight excluding hydrogens is 128 g/mol. The van der Waals surface area contributed by atoms with Crippen molar-refractivity contribution < 1.29 is 4.79 Å². The molecule has 0 heterocycles. The minimum absolute atomic E-state index is 0.110. The van der Waals surface area contributed by atoms with Crippen molar-refractivity contribution in [3.05, 3.63) is 0 Å². The van der Waals surface area contributed by atoms with Crippen molar-refractivity contribution in [1.29, 1.82) is 0 Å². The van der Waals surface area contributed by atoms with E-state index >= 15 is 0 Å². The number of carbonyl (C=O) groups is 1. The normalized spacial score (nSPS) is 12.9. The molecule has 0 saturated carbocycles. The molecule has 0 fully saturated rings. The van der Waals surface area contributed by atoms with Crippen LogP contribution in [0.3, 0.4) is 0 Å². The summed E-state index contributed by atoms with van der Waals surface area (Å²) in [7, 11) is 1.61. The average Bonchev–Trinajstić information content (AvgIpc) is 1.87. The van der Waals surface area contributed by atoms with Crippen LogP contribution in [0, 0.1) is 5.92 Å². The van der Waals surface area contributed by atoms with E-state index in [0.29, 0.717) is 5.92 Å². The predicted molar refractivity (Wildman–Crippen MR) is 41.9 cm³/mol. The van der Waals surface area contributed by atoms with Crippen LogP contribution in [0.5, 0.6) is 0 Å². The second-order valence-electron chi connectivity index (χ2n) is 2.76. The van der Waals surface area contributed by atoms with Gasteiger partial charge in [0.25, 0.3) is 0 Å². The zero-order valence-electron chi connectivity index (χ0n) is 7.06. The summed E-state index contributed by atoms with van der Waals surface area (Å²) in [6.45, 7) is 6.13. The molecular formula is C7H16N2O. The van der Waals surface area contributed by atoms with E-state index in [9.17, 15) is 4.79 Å². The van der Waals surface area contributed by atoms with Crippen LogP contribution in [0.2, 0.25) is 0 Å². The van der Waals surface area contributed by atoms with Gasteiger partial charge in [0.15, 0.2) is 0 Å². The van der Waals surface area contributed by atoms with Crippen LogP contribution in [-0.4, -0.2) is 19.1 Å². The molecule has 0 rings (SSSR count). The van der Waals surface area contributed by atoms with Gasteiger partial charge >= 0.3 is 6.03 Å². The molecule has 0 spiro atoms. The summed E-state index contributed by atoms with van der Waals surface area (Å²) in [5.41, 5.74) is 0. The van der Waals surface area contributed by atoms with Crippen molar-refractivity contribution in [3.63, 3.8) is 0 Å². The first kappa shape index (κ1) is 9.27. The highest BCUT2D eigenvalue weighted by molar-refractivity contribution is 5.73. The van der Waals surface area contributed by atoms with Crippen molar-refractivity contribution in [2.75, 3.05) is 7.05 Å².